The van der Waals surface area contributed by atoms with E-state index in [4.69, 9.17) is 10.9 Å². The molecule has 9 heteroatoms. The zero-order chi connectivity index (χ0) is 15.6. The summed E-state index contributed by atoms with van der Waals surface area (Å²) in [6, 6.07) is 4.48. The number of nitrogens with zero attached hydrogens (tertiary/aromatic N) is 1. The molecule has 0 saturated carbocycles. The van der Waals surface area contributed by atoms with Crippen molar-refractivity contribution in [1.82, 2.24) is 4.98 Å². The molecule has 0 spiro atoms. The molecule has 0 aliphatic carbocycles. The molecule has 0 unspecified atom stereocenters. The minimum atomic E-state index is -3.84. The molecule has 1 amide bonds. The normalized spacial score (nSPS) is 11.4. The molecule has 1 aromatic carbocycles. The highest BCUT2D eigenvalue weighted by molar-refractivity contribution is 7.89. The van der Waals surface area contributed by atoms with Crippen molar-refractivity contribution in [2.45, 2.75) is 18.4 Å². The van der Waals surface area contributed by atoms with Gasteiger partial charge in [0, 0.05) is 17.6 Å². The van der Waals surface area contributed by atoms with Crippen molar-refractivity contribution in [3.05, 3.63) is 39.8 Å². The van der Waals surface area contributed by atoms with E-state index in [0.717, 1.165) is 0 Å². The SMILES string of the molecule is Cc1ccc(NC(=O)c2csc(CN)n2)cc1S(N)(=O)=O. The summed E-state index contributed by atoms with van der Waals surface area (Å²) < 4.78 is 22.9. The summed E-state index contributed by atoms with van der Waals surface area (Å²) in [5.74, 6) is -0.435. The van der Waals surface area contributed by atoms with Crippen LogP contribution in [0.4, 0.5) is 5.69 Å². The third-order valence-electron chi connectivity index (χ3n) is 2.71. The largest absolute Gasteiger partial charge is 0.325 e. The fourth-order valence-electron chi connectivity index (χ4n) is 1.69. The van der Waals surface area contributed by atoms with Gasteiger partial charge in [-0.1, -0.05) is 6.07 Å². The van der Waals surface area contributed by atoms with E-state index in [1.54, 1.807) is 24.4 Å². The number of benzene rings is 1. The first-order chi connectivity index (χ1) is 9.81. The second kappa shape index (κ2) is 5.90. The van der Waals surface area contributed by atoms with Crippen LogP contribution >= 0.6 is 11.3 Å². The van der Waals surface area contributed by atoms with Crippen LogP contribution in [0.15, 0.2) is 28.5 Å². The van der Waals surface area contributed by atoms with Crippen LogP contribution in [0.5, 0.6) is 0 Å². The summed E-state index contributed by atoms with van der Waals surface area (Å²) in [5, 5.41) is 9.94. The number of anilines is 1. The van der Waals surface area contributed by atoms with Crippen molar-refractivity contribution >= 4 is 33.0 Å². The number of thiazole rings is 1. The van der Waals surface area contributed by atoms with E-state index in [9.17, 15) is 13.2 Å². The fraction of sp³-hybridized carbons (Fsp3) is 0.167. The van der Waals surface area contributed by atoms with Gasteiger partial charge in [0.05, 0.1) is 4.90 Å². The number of carbonyl (C=O) groups is 1. The Morgan fingerprint density at radius 1 is 1.43 bits per heavy atom. The van der Waals surface area contributed by atoms with Gasteiger partial charge in [0.1, 0.15) is 10.7 Å². The van der Waals surface area contributed by atoms with Gasteiger partial charge in [-0.3, -0.25) is 4.79 Å². The molecule has 0 atom stereocenters. The Bertz CT molecular complexity index is 784. The zero-order valence-corrected chi connectivity index (χ0v) is 12.8. The van der Waals surface area contributed by atoms with Crippen molar-refractivity contribution in [1.29, 1.82) is 0 Å². The van der Waals surface area contributed by atoms with Crippen LogP contribution in [0.25, 0.3) is 0 Å². The first kappa shape index (κ1) is 15.6. The van der Waals surface area contributed by atoms with E-state index < -0.39 is 15.9 Å². The van der Waals surface area contributed by atoms with Crippen molar-refractivity contribution in [3.8, 4) is 0 Å². The first-order valence-electron chi connectivity index (χ1n) is 5.90. The molecule has 0 aliphatic heterocycles. The molecular formula is C12H14N4O3S2. The first-order valence-corrected chi connectivity index (χ1v) is 8.33. The Morgan fingerprint density at radius 2 is 2.14 bits per heavy atom. The van der Waals surface area contributed by atoms with Gasteiger partial charge in [0.2, 0.25) is 10.0 Å². The summed E-state index contributed by atoms with van der Waals surface area (Å²) in [4.78, 5) is 16.0. The van der Waals surface area contributed by atoms with Gasteiger partial charge in [0.25, 0.3) is 5.91 Å². The van der Waals surface area contributed by atoms with Crippen LogP contribution < -0.4 is 16.2 Å². The van der Waals surface area contributed by atoms with Crippen LogP contribution in [0.2, 0.25) is 0 Å². The average Bonchev–Trinajstić information content (AvgIpc) is 2.88. The van der Waals surface area contributed by atoms with Crippen molar-refractivity contribution in [2.75, 3.05) is 5.32 Å². The summed E-state index contributed by atoms with van der Waals surface area (Å²) in [6.45, 7) is 1.89. The molecule has 5 N–H and O–H groups in total. The van der Waals surface area contributed by atoms with E-state index in [1.807, 2.05) is 0 Å². The Hall–Kier alpha value is -1.81. The number of nitrogens with one attached hydrogen (secondary N) is 1. The van der Waals surface area contributed by atoms with Crippen LogP contribution in [-0.4, -0.2) is 19.3 Å². The molecule has 0 saturated heterocycles. The molecule has 2 aromatic rings. The minimum Gasteiger partial charge on any atom is -0.325 e. The highest BCUT2D eigenvalue weighted by Crippen LogP contribution is 2.20. The monoisotopic (exact) mass is 326 g/mol. The van der Waals surface area contributed by atoms with Crippen molar-refractivity contribution in [2.24, 2.45) is 10.9 Å². The molecule has 1 heterocycles. The Labute approximate surface area is 126 Å². The van der Waals surface area contributed by atoms with Gasteiger partial charge in [-0.2, -0.15) is 0 Å². The second-order valence-corrected chi connectivity index (χ2v) is 6.78. The van der Waals surface area contributed by atoms with Crippen LogP contribution in [0.1, 0.15) is 21.1 Å². The lowest BCUT2D eigenvalue weighted by Gasteiger charge is -2.08. The topological polar surface area (TPSA) is 128 Å². The highest BCUT2D eigenvalue weighted by atomic mass is 32.2. The number of aryl methyl sites for hydroxylation is 1. The lowest BCUT2D eigenvalue weighted by molar-refractivity contribution is 0.102. The number of nitrogens with two attached hydrogens (primary N) is 2. The van der Waals surface area contributed by atoms with Gasteiger partial charge < -0.3 is 11.1 Å². The predicted octanol–water partition coefficient (Wildman–Crippen LogP) is 0.810. The number of rotatable bonds is 4. The molecule has 2 rings (SSSR count). The third kappa shape index (κ3) is 3.64. The van der Waals surface area contributed by atoms with Crippen molar-refractivity contribution in [3.63, 3.8) is 0 Å². The lowest BCUT2D eigenvalue weighted by Crippen LogP contribution is -2.16. The van der Waals surface area contributed by atoms with E-state index in [2.05, 4.69) is 10.3 Å². The fourth-order valence-corrected chi connectivity index (χ4v) is 3.15. The molecule has 7 nitrogen and oxygen atoms in total. The Morgan fingerprint density at radius 3 is 2.71 bits per heavy atom. The molecule has 0 bridgehead atoms. The summed E-state index contributed by atoms with van der Waals surface area (Å²) >= 11 is 1.29. The van der Waals surface area contributed by atoms with Gasteiger partial charge in [-0.05, 0) is 24.6 Å². The summed E-state index contributed by atoms with van der Waals surface area (Å²) in [5.41, 5.74) is 6.51. The summed E-state index contributed by atoms with van der Waals surface area (Å²) in [6.07, 6.45) is 0. The number of primary sulfonamides is 1. The maximum Gasteiger partial charge on any atom is 0.275 e. The molecule has 0 aliphatic rings. The summed E-state index contributed by atoms with van der Waals surface area (Å²) in [7, 11) is -3.84. The molecule has 112 valence electrons. The van der Waals surface area contributed by atoms with Gasteiger partial charge in [-0.15, -0.1) is 11.3 Å². The van der Waals surface area contributed by atoms with E-state index in [0.29, 0.717) is 16.3 Å². The predicted molar refractivity (Wildman–Crippen MR) is 80.5 cm³/mol. The number of hydrogen-bond acceptors (Lipinski definition) is 6. The number of carbonyl (C=O) groups excluding carboxylic acids is 1. The average molecular weight is 326 g/mol. The molecule has 21 heavy (non-hydrogen) atoms. The van der Waals surface area contributed by atoms with E-state index >= 15 is 0 Å². The van der Waals surface area contributed by atoms with E-state index in [1.165, 1.54) is 17.4 Å². The number of sulfonamides is 1. The second-order valence-electron chi connectivity index (χ2n) is 4.31. The maximum atomic E-state index is 12.0. The Balaban J connectivity index is 2.26. The quantitative estimate of drug-likeness (QED) is 0.766. The maximum absolute atomic E-state index is 12.0. The third-order valence-corrected chi connectivity index (χ3v) is 4.64. The smallest absolute Gasteiger partial charge is 0.275 e. The number of amides is 1. The Kier molecular flexibility index (Phi) is 4.37. The van der Waals surface area contributed by atoms with Gasteiger partial charge in [-0.25, -0.2) is 18.5 Å². The molecule has 0 fully saturated rings. The zero-order valence-electron chi connectivity index (χ0n) is 11.2. The van der Waals surface area contributed by atoms with Gasteiger partial charge in [0.15, 0.2) is 0 Å². The molecular weight excluding hydrogens is 312 g/mol. The van der Waals surface area contributed by atoms with Crippen molar-refractivity contribution < 1.29 is 13.2 Å². The standard InChI is InChI=1S/C12H14N4O3S2/c1-7-2-3-8(4-10(7)21(14,18)19)15-12(17)9-6-20-11(5-13)16-9/h2-4,6H,5,13H2,1H3,(H,15,17)(H2,14,18,19). The number of aromatic nitrogens is 1. The lowest BCUT2D eigenvalue weighted by atomic mass is 10.2. The van der Waals surface area contributed by atoms with Gasteiger partial charge >= 0.3 is 0 Å². The number of hydrogen-bond donors (Lipinski definition) is 3. The molecule has 1 aromatic heterocycles. The van der Waals surface area contributed by atoms with Crippen LogP contribution in [-0.2, 0) is 16.6 Å². The van der Waals surface area contributed by atoms with E-state index in [-0.39, 0.29) is 17.1 Å². The van der Waals surface area contributed by atoms with Crippen LogP contribution in [0, 0.1) is 6.92 Å². The van der Waals surface area contributed by atoms with Crippen LogP contribution in [0.3, 0.4) is 0 Å². The minimum absolute atomic E-state index is 0.0266. The highest BCUT2D eigenvalue weighted by Gasteiger charge is 2.15. The molecule has 0 radical (unpaired) electrons.